The van der Waals surface area contributed by atoms with Crippen molar-refractivity contribution in [3.05, 3.63) is 23.3 Å². The molecule has 0 aromatic carbocycles. The van der Waals surface area contributed by atoms with Crippen LogP contribution in [0.5, 0.6) is 0 Å². The molecule has 0 spiro atoms. The average molecular weight is 839 g/mol. The molecule has 17 heteroatoms. The van der Waals surface area contributed by atoms with Gasteiger partial charge in [-0.3, -0.25) is 4.79 Å². The van der Waals surface area contributed by atoms with Crippen LogP contribution in [0.4, 0.5) is 0 Å². The van der Waals surface area contributed by atoms with Gasteiger partial charge in [-0.25, -0.2) is 9.59 Å². The van der Waals surface area contributed by atoms with Gasteiger partial charge >= 0.3 is 17.9 Å². The number of hydrogen-bond donors (Lipinski definition) is 10. The second kappa shape index (κ2) is 14.5. The van der Waals surface area contributed by atoms with Gasteiger partial charge in [0.15, 0.2) is 24.8 Å². The number of carbonyl (C=O) groups is 3. The van der Waals surface area contributed by atoms with Gasteiger partial charge in [0, 0.05) is 0 Å². The highest BCUT2D eigenvalue weighted by molar-refractivity contribution is 5.76. The van der Waals surface area contributed by atoms with E-state index in [1.165, 1.54) is 0 Å². The van der Waals surface area contributed by atoms with Crippen LogP contribution in [0.25, 0.3) is 0 Å². The minimum Gasteiger partial charge on any atom is -0.481 e. The van der Waals surface area contributed by atoms with Crippen LogP contribution in [0.15, 0.2) is 23.3 Å². The van der Waals surface area contributed by atoms with E-state index in [0.29, 0.717) is 12.8 Å². The number of rotatable bonds is 7. The molecule has 7 aliphatic rings. The van der Waals surface area contributed by atoms with Gasteiger partial charge in [-0.2, -0.15) is 0 Å². The summed E-state index contributed by atoms with van der Waals surface area (Å²) in [5.74, 6) is -4.35. The molecule has 20 unspecified atom stereocenters. The summed E-state index contributed by atoms with van der Waals surface area (Å²) < 4.78 is 23.3. The molecular weight excluding hydrogens is 776 g/mol. The molecule has 2 aliphatic heterocycles. The van der Waals surface area contributed by atoms with E-state index in [9.17, 15) is 65.4 Å². The smallest absolute Gasteiger partial charge is 0.335 e. The summed E-state index contributed by atoms with van der Waals surface area (Å²) >= 11 is 0. The Morgan fingerprint density at radius 1 is 0.695 bits per heavy atom. The summed E-state index contributed by atoms with van der Waals surface area (Å²) in [6.07, 6.45) is -13.5. The van der Waals surface area contributed by atoms with Gasteiger partial charge in [-0.15, -0.1) is 0 Å². The van der Waals surface area contributed by atoms with Gasteiger partial charge in [-0.1, -0.05) is 59.3 Å². The van der Waals surface area contributed by atoms with Crippen molar-refractivity contribution < 1.29 is 84.4 Å². The molecule has 5 fully saturated rings. The number of aliphatic hydroxyl groups excluding tert-OH is 7. The van der Waals surface area contributed by atoms with E-state index in [0.717, 1.165) is 30.4 Å². The van der Waals surface area contributed by atoms with Crippen molar-refractivity contribution in [1.82, 2.24) is 0 Å². The fourth-order valence-electron chi connectivity index (χ4n) is 13.2. The quantitative estimate of drug-likeness (QED) is 0.160. The second-order valence-corrected chi connectivity index (χ2v) is 20.5. The van der Waals surface area contributed by atoms with E-state index in [2.05, 4.69) is 39.8 Å². The maximum Gasteiger partial charge on any atom is 0.335 e. The summed E-state index contributed by atoms with van der Waals surface area (Å²) in [6.45, 7) is 14.3. The third-order valence-electron chi connectivity index (χ3n) is 16.9. The Labute approximate surface area is 342 Å². The lowest BCUT2D eigenvalue weighted by Crippen LogP contribution is -2.67. The van der Waals surface area contributed by atoms with Crippen molar-refractivity contribution in [2.75, 3.05) is 0 Å². The Morgan fingerprint density at radius 3 is 1.76 bits per heavy atom. The van der Waals surface area contributed by atoms with Gasteiger partial charge in [-0.05, 0) is 96.4 Å². The maximum absolute atomic E-state index is 13.2. The number of carboxylic acid groups (broad SMARTS) is 3. The number of carboxylic acids is 3. The van der Waals surface area contributed by atoms with Crippen molar-refractivity contribution in [3.63, 3.8) is 0 Å². The zero-order valence-corrected chi connectivity index (χ0v) is 34.6. The summed E-state index contributed by atoms with van der Waals surface area (Å²) in [5, 5.41) is 105. The fourth-order valence-corrected chi connectivity index (χ4v) is 13.2. The molecular formula is C42H62O17. The number of aliphatic hydroxyl groups is 7. The monoisotopic (exact) mass is 838 g/mol. The highest BCUT2D eigenvalue weighted by Gasteiger charge is 2.69. The largest absolute Gasteiger partial charge is 0.481 e. The highest BCUT2D eigenvalue weighted by Crippen LogP contribution is 2.74. The van der Waals surface area contributed by atoms with E-state index in [-0.39, 0.29) is 30.1 Å². The van der Waals surface area contributed by atoms with Crippen molar-refractivity contribution >= 4 is 17.9 Å². The Balaban J connectivity index is 1.19. The lowest BCUT2D eigenvalue weighted by molar-refractivity contribution is -0.334. The fraction of sp³-hybridized carbons (Fsp3) is 0.833. The van der Waals surface area contributed by atoms with E-state index in [4.69, 9.17) is 18.9 Å². The zero-order valence-electron chi connectivity index (χ0n) is 34.6. The minimum atomic E-state index is -1.92. The van der Waals surface area contributed by atoms with Crippen molar-refractivity contribution in [2.45, 2.75) is 173 Å². The maximum atomic E-state index is 13.2. The molecule has 0 aromatic heterocycles. The second-order valence-electron chi connectivity index (χ2n) is 20.5. The van der Waals surface area contributed by atoms with Crippen LogP contribution in [-0.2, 0) is 33.3 Å². The Bertz CT molecular complexity index is 1780. The van der Waals surface area contributed by atoms with Gasteiger partial charge in [0.25, 0.3) is 0 Å². The third-order valence-corrected chi connectivity index (χ3v) is 16.9. The number of allylic oxidation sites excluding steroid dienone is 4. The predicted molar refractivity (Wildman–Crippen MR) is 202 cm³/mol. The van der Waals surface area contributed by atoms with E-state index in [1.807, 2.05) is 13.8 Å². The molecule has 5 aliphatic carbocycles. The first-order chi connectivity index (χ1) is 27.2. The molecule has 332 valence electrons. The first-order valence-electron chi connectivity index (χ1n) is 20.7. The lowest BCUT2D eigenvalue weighted by atomic mass is 9.35. The topological polar surface area (TPSA) is 290 Å². The van der Waals surface area contributed by atoms with E-state index in [1.54, 1.807) is 6.92 Å². The molecule has 2 heterocycles. The summed E-state index contributed by atoms with van der Waals surface area (Å²) in [5.41, 5.74) is -2.08. The Morgan fingerprint density at radius 2 is 1.24 bits per heavy atom. The molecule has 3 saturated carbocycles. The SMILES string of the molecule is CC12CCC3(C)C(=C1CC(C)(C(=O)O)C(OC1OC(C(=O)O)C(O)C(O)C1O)C2)C=CC1C2(C)CC(O)C(OC4OC(C(=O)O)C(O)C(O)C4O)C(C)(C)C2CCC13C. The number of ether oxygens (including phenoxy) is 4. The van der Waals surface area contributed by atoms with Crippen LogP contribution in [0, 0.1) is 44.3 Å². The van der Waals surface area contributed by atoms with Crippen molar-refractivity contribution in [3.8, 4) is 0 Å². The molecule has 0 amide bonds. The van der Waals surface area contributed by atoms with Gasteiger partial charge in [0.05, 0.1) is 23.7 Å². The standard InChI is InChI=1S/C42H62O17/c1-37(2)20-10-11-42(7)21(39(20,4)15-19(43)31(37)59-35-28(49)24(45)26(47)30(58-35)33(52)53)9-8-17-18-14-40(5,36(54)55)22(16-38(18,3)12-13-41(17,42)6)56-34-27(48)23(44)25(46)29(57-34)32(50)51/h8-9,19-31,34-35,43-49H,10-16H2,1-7H3,(H,50,51)(H,52,53)(H,54,55). The number of hydrogen-bond acceptors (Lipinski definition) is 14. The molecule has 10 N–H and O–H groups in total. The number of fused-ring (bicyclic) bond motifs is 6. The predicted octanol–water partition coefficient (Wildman–Crippen LogP) is 0.928. The zero-order chi connectivity index (χ0) is 43.7. The third kappa shape index (κ3) is 6.39. The summed E-state index contributed by atoms with van der Waals surface area (Å²) in [6, 6.07) is 0. The van der Waals surface area contributed by atoms with Crippen LogP contribution >= 0.6 is 0 Å². The van der Waals surface area contributed by atoms with Crippen LogP contribution in [0.2, 0.25) is 0 Å². The molecule has 2 saturated heterocycles. The van der Waals surface area contributed by atoms with Crippen LogP contribution in [0.3, 0.4) is 0 Å². The molecule has 0 radical (unpaired) electrons. The molecule has 17 nitrogen and oxygen atoms in total. The Hall–Kier alpha value is -2.55. The van der Waals surface area contributed by atoms with Crippen LogP contribution < -0.4 is 0 Å². The normalized spacial score (nSPS) is 53.0. The van der Waals surface area contributed by atoms with Gasteiger partial charge in [0.1, 0.15) is 36.6 Å². The molecule has 0 aromatic rings. The molecule has 59 heavy (non-hydrogen) atoms. The van der Waals surface area contributed by atoms with E-state index < -0.39 is 125 Å². The minimum absolute atomic E-state index is 0.0371. The van der Waals surface area contributed by atoms with E-state index >= 15 is 0 Å². The van der Waals surface area contributed by atoms with Crippen molar-refractivity contribution in [2.24, 2.45) is 44.3 Å². The molecule has 20 atom stereocenters. The van der Waals surface area contributed by atoms with Crippen LogP contribution in [-0.4, -0.2) is 149 Å². The summed E-state index contributed by atoms with van der Waals surface area (Å²) in [7, 11) is 0. The molecule has 7 rings (SSSR count). The first kappa shape index (κ1) is 44.5. The molecule has 0 bridgehead atoms. The van der Waals surface area contributed by atoms with Crippen molar-refractivity contribution in [1.29, 1.82) is 0 Å². The Kier molecular flexibility index (Phi) is 10.9. The lowest BCUT2D eigenvalue weighted by Gasteiger charge is -2.70. The highest BCUT2D eigenvalue weighted by atomic mass is 16.7. The van der Waals surface area contributed by atoms with Gasteiger partial charge < -0.3 is 70.0 Å². The van der Waals surface area contributed by atoms with Crippen LogP contribution in [0.1, 0.15) is 93.4 Å². The first-order valence-corrected chi connectivity index (χ1v) is 20.7. The van der Waals surface area contributed by atoms with Gasteiger partial charge in [0.2, 0.25) is 0 Å². The average Bonchev–Trinajstić information content (AvgIpc) is 3.14. The summed E-state index contributed by atoms with van der Waals surface area (Å²) in [4.78, 5) is 36.8. The number of aliphatic carboxylic acids is 3.